The smallest absolute Gasteiger partial charge is 0.332 e. The lowest BCUT2D eigenvalue weighted by Gasteiger charge is -2.35. The summed E-state index contributed by atoms with van der Waals surface area (Å²) in [4.78, 5) is 40.1. The lowest BCUT2D eigenvalue weighted by atomic mass is 9.81. The van der Waals surface area contributed by atoms with Gasteiger partial charge in [-0.25, -0.2) is 4.79 Å². The van der Waals surface area contributed by atoms with Crippen LogP contribution in [0, 0.1) is 0 Å². The first-order chi connectivity index (χ1) is 13.4. The van der Waals surface area contributed by atoms with E-state index in [1.807, 2.05) is 24.3 Å². The first kappa shape index (κ1) is 20.7. The fourth-order valence-corrected chi connectivity index (χ4v) is 5.07. The molecule has 0 bridgehead atoms. The molecule has 2 amide bonds. The van der Waals surface area contributed by atoms with Gasteiger partial charge in [-0.1, -0.05) is 38.3 Å². The van der Waals surface area contributed by atoms with Gasteiger partial charge in [-0.15, -0.1) is 11.8 Å². The van der Waals surface area contributed by atoms with E-state index >= 15 is 0 Å². The van der Waals surface area contributed by atoms with Crippen molar-refractivity contribution in [1.29, 1.82) is 0 Å². The van der Waals surface area contributed by atoms with Crippen molar-refractivity contribution in [3.8, 4) is 0 Å². The molecule has 1 N–H and O–H groups in total. The van der Waals surface area contributed by atoms with Crippen molar-refractivity contribution in [1.82, 2.24) is 5.32 Å². The molecule has 1 aliphatic carbocycles. The first-order valence-corrected chi connectivity index (χ1v) is 10.8. The Morgan fingerprint density at radius 2 is 1.93 bits per heavy atom. The van der Waals surface area contributed by atoms with Crippen LogP contribution in [-0.2, 0) is 19.1 Å². The zero-order valence-electron chi connectivity index (χ0n) is 16.5. The molecule has 0 aromatic heterocycles. The SMILES string of the molecule is CC(=O)NC1(C(=O)OCC(=O)N2CCC(C)Sc3ccccc32)CCCCC1. The molecule has 2 aliphatic rings. The van der Waals surface area contributed by atoms with E-state index in [4.69, 9.17) is 4.74 Å². The Morgan fingerprint density at radius 1 is 1.21 bits per heavy atom. The van der Waals surface area contributed by atoms with Gasteiger partial charge in [0.15, 0.2) is 6.61 Å². The molecule has 0 radical (unpaired) electrons. The molecule has 1 atom stereocenters. The maximum atomic E-state index is 12.9. The summed E-state index contributed by atoms with van der Waals surface area (Å²) in [7, 11) is 0. The molecule has 152 valence electrons. The minimum Gasteiger partial charge on any atom is -0.454 e. The molecule has 1 heterocycles. The molecular weight excluding hydrogens is 376 g/mol. The second-order valence-corrected chi connectivity index (χ2v) is 9.11. The number of hydrogen-bond acceptors (Lipinski definition) is 5. The van der Waals surface area contributed by atoms with Crippen molar-refractivity contribution in [3.63, 3.8) is 0 Å². The van der Waals surface area contributed by atoms with Crippen LogP contribution < -0.4 is 10.2 Å². The highest BCUT2D eigenvalue weighted by Crippen LogP contribution is 2.37. The van der Waals surface area contributed by atoms with Crippen molar-refractivity contribution in [2.24, 2.45) is 0 Å². The minimum absolute atomic E-state index is 0.232. The number of thioether (sulfide) groups is 1. The fraction of sp³-hybridized carbons (Fsp3) is 0.571. The highest BCUT2D eigenvalue weighted by molar-refractivity contribution is 8.00. The van der Waals surface area contributed by atoms with Gasteiger partial charge in [0.2, 0.25) is 5.91 Å². The van der Waals surface area contributed by atoms with E-state index in [9.17, 15) is 14.4 Å². The van der Waals surface area contributed by atoms with E-state index in [-0.39, 0.29) is 18.4 Å². The van der Waals surface area contributed by atoms with Gasteiger partial charge < -0.3 is 15.0 Å². The van der Waals surface area contributed by atoms with Crippen molar-refractivity contribution >= 4 is 35.2 Å². The van der Waals surface area contributed by atoms with Crippen LogP contribution in [0.15, 0.2) is 29.2 Å². The van der Waals surface area contributed by atoms with Crippen LogP contribution >= 0.6 is 11.8 Å². The Hall–Kier alpha value is -2.02. The molecule has 1 aromatic rings. The van der Waals surface area contributed by atoms with Gasteiger partial charge in [-0.05, 0) is 31.4 Å². The number of amides is 2. The van der Waals surface area contributed by atoms with E-state index in [0.29, 0.717) is 24.6 Å². The van der Waals surface area contributed by atoms with E-state index < -0.39 is 11.5 Å². The van der Waals surface area contributed by atoms with Crippen LogP contribution in [0.3, 0.4) is 0 Å². The fourth-order valence-electron chi connectivity index (χ4n) is 3.96. The maximum absolute atomic E-state index is 12.9. The molecule has 1 aromatic carbocycles. The number of benzene rings is 1. The number of anilines is 1. The van der Waals surface area contributed by atoms with Crippen molar-refractivity contribution in [2.45, 2.75) is 68.1 Å². The number of rotatable bonds is 4. The van der Waals surface area contributed by atoms with Crippen molar-refractivity contribution in [3.05, 3.63) is 24.3 Å². The standard InChI is InChI=1S/C21H28N2O4S/c1-15-10-13-23(17-8-4-5-9-18(17)28-15)19(25)14-27-20(26)21(22-16(2)24)11-6-3-7-12-21/h4-5,8-9,15H,3,6-7,10-14H2,1-2H3,(H,22,24). The van der Waals surface area contributed by atoms with Crippen LogP contribution in [0.4, 0.5) is 5.69 Å². The third kappa shape index (κ3) is 4.69. The zero-order chi connectivity index (χ0) is 20.1. The van der Waals surface area contributed by atoms with Crippen molar-refractivity contribution in [2.75, 3.05) is 18.1 Å². The predicted octanol–water partition coefficient (Wildman–Crippen LogP) is 3.29. The number of carbonyl (C=O) groups excluding carboxylic acids is 3. The lowest BCUT2D eigenvalue weighted by molar-refractivity contribution is -0.157. The molecule has 3 rings (SSSR count). The molecule has 0 spiro atoms. The highest BCUT2D eigenvalue weighted by atomic mass is 32.2. The molecule has 1 unspecified atom stereocenters. The van der Waals surface area contributed by atoms with Crippen LogP contribution in [0.1, 0.15) is 52.4 Å². The van der Waals surface area contributed by atoms with Gasteiger partial charge in [0.1, 0.15) is 5.54 Å². The zero-order valence-corrected chi connectivity index (χ0v) is 17.3. The number of hydrogen-bond donors (Lipinski definition) is 1. The summed E-state index contributed by atoms with van der Waals surface area (Å²) in [6.07, 6.45) is 4.74. The Morgan fingerprint density at radius 3 is 2.64 bits per heavy atom. The second kappa shape index (κ2) is 8.99. The summed E-state index contributed by atoms with van der Waals surface area (Å²) < 4.78 is 5.43. The van der Waals surface area contributed by atoms with Crippen LogP contribution in [0.25, 0.3) is 0 Å². The largest absolute Gasteiger partial charge is 0.454 e. The quantitative estimate of drug-likeness (QED) is 0.780. The summed E-state index contributed by atoms with van der Waals surface area (Å²) in [5, 5.41) is 3.20. The first-order valence-electron chi connectivity index (χ1n) is 9.93. The second-order valence-electron chi connectivity index (χ2n) is 7.63. The summed E-state index contributed by atoms with van der Waals surface area (Å²) in [6.45, 7) is 3.84. The molecule has 1 saturated carbocycles. The molecule has 7 heteroatoms. The third-order valence-corrected chi connectivity index (χ3v) is 6.62. The minimum atomic E-state index is -0.995. The van der Waals surface area contributed by atoms with Gasteiger partial charge in [-0.3, -0.25) is 9.59 Å². The monoisotopic (exact) mass is 404 g/mol. The van der Waals surface area contributed by atoms with Gasteiger partial charge in [0.05, 0.1) is 5.69 Å². The summed E-state index contributed by atoms with van der Waals surface area (Å²) in [5.74, 6) is -0.983. The Balaban J connectivity index is 1.69. The molecular formula is C21H28N2O4S. The molecule has 0 saturated heterocycles. The Bertz CT molecular complexity index is 746. The average molecular weight is 405 g/mol. The predicted molar refractivity (Wildman–Crippen MR) is 109 cm³/mol. The van der Waals surface area contributed by atoms with Crippen LogP contribution in [-0.4, -0.2) is 41.7 Å². The maximum Gasteiger partial charge on any atom is 0.332 e. The summed E-state index contributed by atoms with van der Waals surface area (Å²) >= 11 is 1.76. The number of para-hydroxylation sites is 1. The van der Waals surface area contributed by atoms with E-state index in [2.05, 4.69) is 12.2 Å². The van der Waals surface area contributed by atoms with E-state index in [1.54, 1.807) is 16.7 Å². The summed E-state index contributed by atoms with van der Waals surface area (Å²) in [6, 6.07) is 7.82. The van der Waals surface area contributed by atoms with Crippen LogP contribution in [0.2, 0.25) is 0 Å². The molecule has 1 aliphatic heterocycles. The van der Waals surface area contributed by atoms with Gasteiger partial charge in [0.25, 0.3) is 5.91 Å². The number of carbonyl (C=O) groups is 3. The molecule has 28 heavy (non-hydrogen) atoms. The Kier molecular flexibility index (Phi) is 6.65. The number of esters is 1. The number of nitrogens with zero attached hydrogens (tertiary/aromatic N) is 1. The Labute approximate surface area is 170 Å². The van der Waals surface area contributed by atoms with Gasteiger partial charge >= 0.3 is 5.97 Å². The summed E-state index contributed by atoms with van der Waals surface area (Å²) in [5.41, 5.74) is -0.127. The molecule has 6 nitrogen and oxygen atoms in total. The highest BCUT2D eigenvalue weighted by Gasteiger charge is 2.42. The lowest BCUT2D eigenvalue weighted by Crippen LogP contribution is -2.56. The number of nitrogens with one attached hydrogen (secondary N) is 1. The topological polar surface area (TPSA) is 75.7 Å². The third-order valence-electron chi connectivity index (χ3n) is 5.38. The average Bonchev–Trinajstić information content (AvgIpc) is 2.84. The number of fused-ring (bicyclic) bond motifs is 1. The van der Waals surface area contributed by atoms with E-state index in [0.717, 1.165) is 36.3 Å². The van der Waals surface area contributed by atoms with Crippen molar-refractivity contribution < 1.29 is 19.1 Å². The number of ether oxygens (including phenoxy) is 1. The normalized spacial score (nSPS) is 21.2. The van der Waals surface area contributed by atoms with Crippen LogP contribution in [0.5, 0.6) is 0 Å². The van der Waals surface area contributed by atoms with Gasteiger partial charge in [-0.2, -0.15) is 0 Å². The van der Waals surface area contributed by atoms with E-state index in [1.165, 1.54) is 6.92 Å². The molecule has 1 fully saturated rings. The van der Waals surface area contributed by atoms with Gasteiger partial charge in [0, 0.05) is 23.6 Å².